The van der Waals surface area contributed by atoms with E-state index < -0.39 is 5.91 Å². The smallest absolute Gasteiger partial charge is 0.252 e. The summed E-state index contributed by atoms with van der Waals surface area (Å²) >= 11 is 0. The number of pyridine rings is 1. The molecule has 0 aliphatic heterocycles. The van der Waals surface area contributed by atoms with Crippen LogP contribution in [0.15, 0.2) is 18.3 Å². The van der Waals surface area contributed by atoms with E-state index in [2.05, 4.69) is 17.2 Å². The molecular formula is C15H23N3O. The average molecular weight is 261 g/mol. The zero-order valence-corrected chi connectivity index (χ0v) is 11.6. The molecule has 1 saturated carbocycles. The predicted molar refractivity (Wildman–Crippen MR) is 77.0 cm³/mol. The molecule has 1 aliphatic rings. The fourth-order valence-corrected chi connectivity index (χ4v) is 2.96. The van der Waals surface area contributed by atoms with Crippen molar-refractivity contribution in [2.24, 2.45) is 17.6 Å². The second-order valence-corrected chi connectivity index (χ2v) is 5.62. The Kier molecular flexibility index (Phi) is 4.77. The van der Waals surface area contributed by atoms with Gasteiger partial charge in [0.1, 0.15) is 5.82 Å². The van der Waals surface area contributed by atoms with Crippen LogP contribution in [0.4, 0.5) is 5.82 Å². The Hall–Kier alpha value is -1.58. The number of hydrogen-bond acceptors (Lipinski definition) is 3. The number of hydrogen-bond donors (Lipinski definition) is 2. The first-order chi connectivity index (χ1) is 9.16. The minimum absolute atomic E-state index is 0.429. The van der Waals surface area contributed by atoms with Crippen molar-refractivity contribution in [3.05, 3.63) is 23.9 Å². The van der Waals surface area contributed by atoms with Gasteiger partial charge >= 0.3 is 0 Å². The Morgan fingerprint density at radius 2 is 2.37 bits per heavy atom. The SMILES string of the molecule is CC1CCCC(CCNc2ncccc2C(N)=O)C1. The van der Waals surface area contributed by atoms with Gasteiger partial charge in [0, 0.05) is 12.7 Å². The van der Waals surface area contributed by atoms with Gasteiger partial charge in [-0.3, -0.25) is 4.79 Å². The lowest BCUT2D eigenvalue weighted by Gasteiger charge is -2.26. The topological polar surface area (TPSA) is 68.0 Å². The molecule has 2 atom stereocenters. The van der Waals surface area contributed by atoms with E-state index in [1.165, 1.54) is 25.7 Å². The normalized spacial score (nSPS) is 23.0. The van der Waals surface area contributed by atoms with E-state index in [1.807, 2.05) is 0 Å². The molecule has 0 saturated heterocycles. The minimum Gasteiger partial charge on any atom is -0.369 e. The number of anilines is 1. The maximum Gasteiger partial charge on any atom is 0.252 e. The summed E-state index contributed by atoms with van der Waals surface area (Å²) in [5.74, 6) is 1.84. The molecule has 4 nitrogen and oxygen atoms in total. The summed E-state index contributed by atoms with van der Waals surface area (Å²) < 4.78 is 0. The van der Waals surface area contributed by atoms with Gasteiger partial charge in [-0.25, -0.2) is 4.98 Å². The van der Waals surface area contributed by atoms with Gasteiger partial charge in [-0.1, -0.05) is 26.2 Å². The van der Waals surface area contributed by atoms with E-state index in [1.54, 1.807) is 18.3 Å². The van der Waals surface area contributed by atoms with E-state index in [-0.39, 0.29) is 0 Å². The van der Waals surface area contributed by atoms with Gasteiger partial charge < -0.3 is 11.1 Å². The summed E-state index contributed by atoms with van der Waals surface area (Å²) in [5.41, 5.74) is 5.80. The molecule has 0 spiro atoms. The summed E-state index contributed by atoms with van der Waals surface area (Å²) in [6.07, 6.45) is 8.19. The number of nitrogens with two attached hydrogens (primary N) is 1. The van der Waals surface area contributed by atoms with Gasteiger partial charge in [-0.05, 0) is 36.8 Å². The maximum atomic E-state index is 11.3. The quantitative estimate of drug-likeness (QED) is 0.856. The number of amides is 1. The monoisotopic (exact) mass is 261 g/mol. The lowest BCUT2D eigenvalue weighted by atomic mass is 9.81. The van der Waals surface area contributed by atoms with Gasteiger partial charge in [0.25, 0.3) is 5.91 Å². The molecule has 1 heterocycles. The van der Waals surface area contributed by atoms with Crippen LogP contribution in [-0.2, 0) is 0 Å². The van der Waals surface area contributed by atoms with Gasteiger partial charge in [0.2, 0.25) is 0 Å². The highest BCUT2D eigenvalue weighted by molar-refractivity contribution is 5.97. The summed E-state index contributed by atoms with van der Waals surface area (Å²) in [6, 6.07) is 3.44. The van der Waals surface area contributed by atoms with E-state index in [0.29, 0.717) is 11.4 Å². The minimum atomic E-state index is -0.429. The van der Waals surface area contributed by atoms with Crippen LogP contribution < -0.4 is 11.1 Å². The highest BCUT2D eigenvalue weighted by atomic mass is 16.1. The molecule has 2 rings (SSSR count). The number of primary amides is 1. The van der Waals surface area contributed by atoms with Crippen LogP contribution in [0.5, 0.6) is 0 Å². The molecule has 3 N–H and O–H groups in total. The molecule has 104 valence electrons. The van der Waals surface area contributed by atoms with Gasteiger partial charge in [0.05, 0.1) is 5.56 Å². The maximum absolute atomic E-state index is 11.3. The molecule has 0 aromatic carbocycles. The van der Waals surface area contributed by atoms with Crippen molar-refractivity contribution in [2.45, 2.75) is 39.0 Å². The van der Waals surface area contributed by atoms with Gasteiger partial charge in [0.15, 0.2) is 0 Å². The molecule has 4 heteroatoms. The van der Waals surface area contributed by atoms with Crippen LogP contribution in [0.3, 0.4) is 0 Å². The number of carbonyl (C=O) groups is 1. The number of carbonyl (C=O) groups excluding carboxylic acids is 1. The summed E-state index contributed by atoms with van der Waals surface area (Å²) in [7, 11) is 0. The third-order valence-corrected chi connectivity index (χ3v) is 3.96. The van der Waals surface area contributed by atoms with Crippen molar-refractivity contribution in [1.82, 2.24) is 4.98 Å². The van der Waals surface area contributed by atoms with E-state index >= 15 is 0 Å². The first-order valence-electron chi connectivity index (χ1n) is 7.15. The van der Waals surface area contributed by atoms with Gasteiger partial charge in [-0.2, -0.15) is 0 Å². The van der Waals surface area contributed by atoms with Crippen LogP contribution >= 0.6 is 0 Å². The highest BCUT2D eigenvalue weighted by Gasteiger charge is 2.18. The zero-order chi connectivity index (χ0) is 13.7. The number of rotatable bonds is 5. The van der Waals surface area contributed by atoms with Crippen LogP contribution in [0.1, 0.15) is 49.4 Å². The molecular weight excluding hydrogens is 238 g/mol. The van der Waals surface area contributed by atoms with Crippen molar-refractivity contribution < 1.29 is 4.79 Å². The van der Waals surface area contributed by atoms with Crippen LogP contribution in [0, 0.1) is 11.8 Å². The lowest BCUT2D eigenvalue weighted by Crippen LogP contribution is -2.19. The molecule has 1 amide bonds. The Bertz CT molecular complexity index is 433. The fourth-order valence-electron chi connectivity index (χ4n) is 2.96. The highest BCUT2D eigenvalue weighted by Crippen LogP contribution is 2.30. The Balaban J connectivity index is 1.84. The first-order valence-corrected chi connectivity index (χ1v) is 7.15. The van der Waals surface area contributed by atoms with Crippen molar-refractivity contribution in [1.29, 1.82) is 0 Å². The summed E-state index contributed by atoms with van der Waals surface area (Å²) in [4.78, 5) is 15.5. The van der Waals surface area contributed by atoms with Crippen LogP contribution in [-0.4, -0.2) is 17.4 Å². The number of nitrogens with zero attached hydrogens (tertiary/aromatic N) is 1. The largest absolute Gasteiger partial charge is 0.369 e. The van der Waals surface area contributed by atoms with E-state index in [0.717, 1.165) is 24.8 Å². The zero-order valence-electron chi connectivity index (χ0n) is 11.6. The number of aromatic nitrogens is 1. The Labute approximate surface area is 114 Å². The average Bonchev–Trinajstić information content (AvgIpc) is 2.39. The molecule has 1 aliphatic carbocycles. The molecule has 1 aromatic heterocycles. The second kappa shape index (κ2) is 6.55. The fraction of sp³-hybridized carbons (Fsp3) is 0.600. The van der Waals surface area contributed by atoms with Crippen LogP contribution in [0.2, 0.25) is 0 Å². The molecule has 19 heavy (non-hydrogen) atoms. The second-order valence-electron chi connectivity index (χ2n) is 5.62. The standard InChI is InChI=1S/C15H23N3O/c1-11-4-2-5-12(10-11)7-9-18-15-13(14(16)19)6-3-8-17-15/h3,6,8,11-12H,2,4-5,7,9-10H2,1H3,(H2,16,19)(H,17,18). The first kappa shape index (κ1) is 13.8. The van der Waals surface area contributed by atoms with E-state index in [4.69, 9.17) is 5.73 Å². The van der Waals surface area contributed by atoms with E-state index in [9.17, 15) is 4.79 Å². The Morgan fingerprint density at radius 1 is 1.53 bits per heavy atom. The molecule has 0 bridgehead atoms. The van der Waals surface area contributed by atoms with Crippen LogP contribution in [0.25, 0.3) is 0 Å². The third kappa shape index (κ3) is 3.94. The molecule has 2 unspecified atom stereocenters. The van der Waals surface area contributed by atoms with Crippen molar-refractivity contribution in [3.8, 4) is 0 Å². The summed E-state index contributed by atoms with van der Waals surface area (Å²) in [5, 5.41) is 3.24. The molecule has 0 radical (unpaired) electrons. The molecule has 1 aromatic rings. The summed E-state index contributed by atoms with van der Waals surface area (Å²) in [6.45, 7) is 3.19. The third-order valence-electron chi connectivity index (χ3n) is 3.96. The predicted octanol–water partition coefficient (Wildman–Crippen LogP) is 2.81. The van der Waals surface area contributed by atoms with Crippen molar-refractivity contribution >= 4 is 11.7 Å². The molecule has 1 fully saturated rings. The van der Waals surface area contributed by atoms with Crippen molar-refractivity contribution in [2.75, 3.05) is 11.9 Å². The van der Waals surface area contributed by atoms with Crippen molar-refractivity contribution in [3.63, 3.8) is 0 Å². The van der Waals surface area contributed by atoms with Gasteiger partial charge in [-0.15, -0.1) is 0 Å². The number of nitrogens with one attached hydrogen (secondary N) is 1. The Morgan fingerprint density at radius 3 is 3.11 bits per heavy atom. The lowest BCUT2D eigenvalue weighted by molar-refractivity contribution is 0.100.